The molecule has 0 unspecified atom stereocenters. The molecule has 13 nitrogen and oxygen atoms in total. The molecular weight excluding hydrogens is 908 g/mol. The molecule has 328 valence electrons. The van der Waals surface area contributed by atoms with E-state index in [2.05, 4.69) is 25.2 Å². The maximum atomic E-state index is 15.6. The minimum atomic E-state index is -3.91. The number of anilines is 1. The van der Waals surface area contributed by atoms with Gasteiger partial charge in [0.05, 0.1) is 60.5 Å². The quantitative estimate of drug-likeness (QED) is 0.123. The van der Waals surface area contributed by atoms with Crippen LogP contribution in [0.25, 0.3) is 48.8 Å². The molecule has 1 saturated carbocycles. The van der Waals surface area contributed by atoms with Gasteiger partial charge in [-0.25, -0.2) is 35.9 Å². The third-order valence-electron chi connectivity index (χ3n) is 11.5. The van der Waals surface area contributed by atoms with E-state index in [-0.39, 0.29) is 61.7 Å². The summed E-state index contributed by atoms with van der Waals surface area (Å²) >= 11 is 8.07. The van der Waals surface area contributed by atoms with Gasteiger partial charge in [0.15, 0.2) is 5.82 Å². The van der Waals surface area contributed by atoms with Gasteiger partial charge in [0, 0.05) is 31.0 Å². The Kier molecular flexibility index (Phi) is 9.69. The first kappa shape index (κ1) is 41.7. The number of hydrogen-bond donors (Lipinski definition) is 2. The Morgan fingerprint density at radius 3 is 2.47 bits per heavy atom. The van der Waals surface area contributed by atoms with Gasteiger partial charge in [-0.15, -0.1) is 11.3 Å². The van der Waals surface area contributed by atoms with Crippen molar-refractivity contribution in [1.29, 1.82) is 0 Å². The Labute approximate surface area is 366 Å². The number of hydrogen-bond acceptors (Lipinski definition) is 9. The van der Waals surface area contributed by atoms with Crippen LogP contribution < -0.4 is 15.6 Å². The molecule has 10 rings (SSSR count). The molecule has 4 heterocycles. The van der Waals surface area contributed by atoms with E-state index in [0.717, 1.165) is 38.7 Å². The molecule has 0 spiro atoms. The first-order valence-electron chi connectivity index (χ1n) is 19.4. The van der Waals surface area contributed by atoms with Crippen LogP contribution in [0.4, 0.5) is 32.2 Å². The van der Waals surface area contributed by atoms with E-state index in [1.807, 2.05) is 18.2 Å². The fourth-order valence-corrected chi connectivity index (χ4v) is 10.2. The molecule has 4 aromatic heterocycles. The monoisotopic (exact) mass is 937 g/mol. The average Bonchev–Trinajstić information content (AvgIpc) is 3.44. The first-order chi connectivity index (χ1) is 30.4. The van der Waals surface area contributed by atoms with E-state index in [1.165, 1.54) is 35.2 Å². The van der Waals surface area contributed by atoms with Crippen molar-refractivity contribution < 1.29 is 39.6 Å². The number of aryl methyl sites for hydroxylation is 1. The Hall–Kier alpha value is -6.32. The third kappa shape index (κ3) is 7.05. The second-order valence-electron chi connectivity index (χ2n) is 15.8. The molecule has 0 radical (unpaired) electrons. The molecule has 2 aliphatic rings. The van der Waals surface area contributed by atoms with Crippen LogP contribution in [-0.2, 0) is 40.8 Å². The maximum absolute atomic E-state index is 15.6. The summed E-state index contributed by atoms with van der Waals surface area (Å²) in [5.74, 6) is -8.99. The number of amides is 1. The molecule has 1 amide bonds. The number of aromatic nitrogens is 7. The summed E-state index contributed by atoms with van der Waals surface area (Å²) in [6, 6.07) is 14.4. The maximum Gasteiger partial charge on any atom is 0.293 e. The van der Waals surface area contributed by atoms with E-state index in [1.54, 1.807) is 23.7 Å². The predicted molar refractivity (Wildman–Crippen MR) is 227 cm³/mol. The van der Waals surface area contributed by atoms with E-state index in [0.29, 0.717) is 16.3 Å². The Morgan fingerprint density at radius 2 is 1.73 bits per heavy atom. The molecule has 0 aliphatic heterocycles. The lowest BCUT2D eigenvalue weighted by Gasteiger charge is -2.24. The van der Waals surface area contributed by atoms with Gasteiger partial charge in [-0.3, -0.25) is 28.2 Å². The smallest absolute Gasteiger partial charge is 0.293 e. The van der Waals surface area contributed by atoms with Crippen LogP contribution in [0.15, 0.2) is 77.0 Å². The zero-order valence-electron chi connectivity index (χ0n) is 33.1. The van der Waals surface area contributed by atoms with Gasteiger partial charge < -0.3 is 5.32 Å². The number of benzene rings is 4. The summed E-state index contributed by atoms with van der Waals surface area (Å²) in [4.78, 5) is 38.6. The van der Waals surface area contributed by atoms with Crippen molar-refractivity contribution in [3.05, 3.63) is 128 Å². The summed E-state index contributed by atoms with van der Waals surface area (Å²) < 4.78 is 120. The largest absolute Gasteiger partial charge is 0.344 e. The fraction of sp³-hybridized carbons (Fsp3) is 0.238. The highest BCUT2D eigenvalue weighted by atomic mass is 35.5. The Balaban J connectivity index is 1.18. The van der Waals surface area contributed by atoms with E-state index >= 15 is 13.6 Å². The lowest BCUT2D eigenvalue weighted by molar-refractivity contribution is -0.123. The molecule has 3 atom stereocenters. The van der Waals surface area contributed by atoms with E-state index in [9.17, 15) is 30.8 Å². The molecule has 0 saturated heterocycles. The van der Waals surface area contributed by atoms with Gasteiger partial charge in [-0.2, -0.15) is 19.0 Å². The standard InChI is InChI=1S/C42H30ClF6N9O4S2/c1-56-36-30(8-6-26(43)34(36)39(54-56)55-64(2,61)62)58-40(52-28-12-19(3-5-23(28)41(58)60)20-4-7-27-31(13-20)63-17-50-27)29(11-18-9-21(44)14-22(45)10-18)51-32(59)16-57-37-33(35(53-57)38(46)47)24-15-25(24)42(37,48)49/h3-10,12-14,17,24-25,29,38H,11,15-16H2,1-2H3,(H,51,59)(H,54,55)/t24-,25+,29-/m0/s1. The van der Waals surface area contributed by atoms with Crippen molar-refractivity contribution in [1.82, 2.24) is 39.4 Å². The SMILES string of the molecule is Cn1nc(NS(C)(=O)=O)c2c(Cl)ccc(-n3c([C@H](Cc4cc(F)cc(F)c4)NC(=O)Cn4nc(C(F)F)c5c4C(F)(F)[C@@H]4C[C@H]54)nc4cc(-c5ccc6ncsc6c5)ccc4c3=O)c21. The molecule has 4 aromatic carbocycles. The second kappa shape index (κ2) is 14.9. The highest BCUT2D eigenvalue weighted by molar-refractivity contribution is 7.92. The number of nitrogens with zero attached hydrogens (tertiary/aromatic N) is 7. The predicted octanol–water partition coefficient (Wildman–Crippen LogP) is 8.30. The van der Waals surface area contributed by atoms with Crippen molar-refractivity contribution in [3.8, 4) is 16.8 Å². The summed E-state index contributed by atoms with van der Waals surface area (Å²) in [5.41, 5.74) is 1.45. The van der Waals surface area contributed by atoms with Crippen LogP contribution >= 0.6 is 22.9 Å². The number of thiazole rings is 1. The molecule has 8 aromatic rings. The number of sulfonamides is 1. The number of halogens is 7. The number of carbonyl (C=O) groups is 1. The molecule has 1 fully saturated rings. The van der Waals surface area contributed by atoms with Crippen molar-refractivity contribution in [2.75, 3.05) is 11.0 Å². The average molecular weight is 938 g/mol. The second-order valence-corrected chi connectivity index (χ2v) is 18.8. The fourth-order valence-electron chi connectivity index (χ4n) is 8.79. The number of carbonyl (C=O) groups excluding carboxylic acids is 1. The van der Waals surface area contributed by atoms with E-state index < -0.39 is 87.7 Å². The minimum Gasteiger partial charge on any atom is -0.344 e. The lowest BCUT2D eigenvalue weighted by atomic mass is 10.0. The molecular formula is C42H30ClF6N9O4S2. The zero-order valence-corrected chi connectivity index (χ0v) is 35.5. The van der Waals surface area contributed by atoms with Gasteiger partial charge in [0.1, 0.15) is 35.4 Å². The molecule has 0 bridgehead atoms. The van der Waals surface area contributed by atoms with Crippen LogP contribution in [0.2, 0.25) is 5.02 Å². The number of fused-ring (bicyclic) bond motifs is 6. The van der Waals surface area contributed by atoms with Crippen molar-refractivity contribution in [2.45, 2.75) is 43.7 Å². The minimum absolute atomic E-state index is 0.00293. The van der Waals surface area contributed by atoms with Crippen LogP contribution in [0, 0.1) is 17.6 Å². The number of alkyl halides is 4. The van der Waals surface area contributed by atoms with Crippen molar-refractivity contribution >= 4 is 76.7 Å². The summed E-state index contributed by atoms with van der Waals surface area (Å²) in [7, 11) is -2.45. The van der Waals surface area contributed by atoms with Crippen LogP contribution in [-0.4, -0.2) is 54.7 Å². The van der Waals surface area contributed by atoms with Gasteiger partial charge in [-0.1, -0.05) is 23.7 Å². The topological polar surface area (TPSA) is 159 Å². The number of nitrogens with one attached hydrogen (secondary N) is 2. The molecule has 22 heteroatoms. The summed E-state index contributed by atoms with van der Waals surface area (Å²) in [6.45, 7) is -0.979. The summed E-state index contributed by atoms with van der Waals surface area (Å²) in [5, 5.41) is 11.0. The highest BCUT2D eigenvalue weighted by Crippen LogP contribution is 2.68. The van der Waals surface area contributed by atoms with Gasteiger partial charge in [0.25, 0.3) is 17.9 Å². The molecule has 2 aliphatic carbocycles. The van der Waals surface area contributed by atoms with Gasteiger partial charge in [-0.05, 0) is 77.6 Å². The van der Waals surface area contributed by atoms with Gasteiger partial charge in [0.2, 0.25) is 15.9 Å². The highest BCUT2D eigenvalue weighted by Gasteiger charge is 2.67. The van der Waals surface area contributed by atoms with Crippen molar-refractivity contribution in [3.63, 3.8) is 0 Å². The van der Waals surface area contributed by atoms with Crippen LogP contribution in [0.5, 0.6) is 0 Å². The summed E-state index contributed by atoms with van der Waals surface area (Å²) in [6.07, 6.45) is -2.76. The first-order valence-corrected chi connectivity index (χ1v) is 22.6. The lowest BCUT2D eigenvalue weighted by Crippen LogP contribution is -2.38. The third-order valence-corrected chi connectivity index (χ3v) is 13.1. The molecule has 2 N–H and O–H groups in total. The number of rotatable bonds is 11. The van der Waals surface area contributed by atoms with Crippen molar-refractivity contribution in [2.24, 2.45) is 13.0 Å². The van der Waals surface area contributed by atoms with E-state index in [4.69, 9.17) is 16.6 Å². The Bertz CT molecular complexity index is 3440. The van der Waals surface area contributed by atoms with Crippen LogP contribution in [0.3, 0.4) is 0 Å². The Morgan fingerprint density at radius 1 is 1.00 bits per heavy atom. The van der Waals surface area contributed by atoms with Crippen LogP contribution in [0.1, 0.15) is 53.1 Å². The zero-order chi connectivity index (χ0) is 45.1. The van der Waals surface area contributed by atoms with Gasteiger partial charge >= 0.3 is 0 Å². The normalized spacial score (nSPS) is 17.0. The molecule has 64 heavy (non-hydrogen) atoms.